The van der Waals surface area contributed by atoms with Gasteiger partial charge in [-0.25, -0.2) is 0 Å². The SMILES string of the molecule is CO[C@]1(C)CCC[C@]2(C)C[C@H]3OC(=O)[C@@H](CN4CCN(c5ccc(N([O-])O)cc5)CC4)[C@@H]3C[C@]21O. The first kappa shape index (κ1) is 24.8. The van der Waals surface area contributed by atoms with Crippen LogP contribution in [0.2, 0.25) is 0 Å². The average Bonchev–Trinajstić information content (AvgIpc) is 3.12. The number of rotatable bonds is 5. The predicted molar refractivity (Wildman–Crippen MR) is 131 cm³/mol. The molecule has 5 rings (SSSR count). The topological polar surface area (TPSA) is 109 Å². The molecule has 2 aliphatic carbocycles. The number of hydrogen-bond acceptors (Lipinski definition) is 9. The van der Waals surface area contributed by atoms with Crippen molar-refractivity contribution < 1.29 is 24.6 Å². The molecule has 2 saturated heterocycles. The van der Waals surface area contributed by atoms with Gasteiger partial charge < -0.3 is 29.9 Å². The first-order valence-corrected chi connectivity index (χ1v) is 12.8. The summed E-state index contributed by atoms with van der Waals surface area (Å²) < 4.78 is 11.8. The van der Waals surface area contributed by atoms with Gasteiger partial charge in [0.05, 0.1) is 22.8 Å². The molecule has 1 aromatic rings. The number of methoxy groups -OCH3 is 1. The van der Waals surface area contributed by atoms with Crippen LogP contribution in [0.4, 0.5) is 11.4 Å². The van der Waals surface area contributed by atoms with Gasteiger partial charge in [-0.3, -0.25) is 14.9 Å². The van der Waals surface area contributed by atoms with Crippen LogP contribution in [0, 0.1) is 22.5 Å². The van der Waals surface area contributed by atoms with E-state index < -0.39 is 11.2 Å². The van der Waals surface area contributed by atoms with E-state index in [1.54, 1.807) is 19.2 Å². The molecule has 4 fully saturated rings. The number of carbonyl (C=O) groups excluding carboxylic acids is 1. The third-order valence-corrected chi connectivity index (χ3v) is 9.72. The van der Waals surface area contributed by atoms with Gasteiger partial charge in [-0.2, -0.15) is 0 Å². The maximum Gasteiger partial charge on any atom is 0.310 e. The number of anilines is 2. The predicted octanol–water partition coefficient (Wildman–Crippen LogP) is 2.78. The van der Waals surface area contributed by atoms with Crippen molar-refractivity contribution >= 4 is 17.3 Å². The smallest absolute Gasteiger partial charge is 0.310 e. The number of ether oxygens (including phenoxy) is 2. The molecule has 0 bridgehead atoms. The minimum Gasteiger partial charge on any atom is -0.733 e. The summed E-state index contributed by atoms with van der Waals surface area (Å²) in [4.78, 5) is 17.6. The highest BCUT2D eigenvalue weighted by Gasteiger charge is 2.67. The fourth-order valence-electron chi connectivity index (χ4n) is 7.35. The summed E-state index contributed by atoms with van der Waals surface area (Å²) in [6.07, 6.45) is 3.82. The first-order valence-electron chi connectivity index (χ1n) is 12.8. The minimum absolute atomic E-state index is 0.00718. The molecule has 2 N–H and O–H groups in total. The highest BCUT2D eigenvalue weighted by Crippen LogP contribution is 2.61. The molecule has 0 spiro atoms. The highest BCUT2D eigenvalue weighted by molar-refractivity contribution is 5.75. The quantitative estimate of drug-likeness (QED) is 0.478. The number of benzene rings is 1. The number of piperazine rings is 1. The lowest BCUT2D eigenvalue weighted by Gasteiger charge is -2.62. The van der Waals surface area contributed by atoms with E-state index in [1.807, 2.05) is 19.1 Å². The molecule has 0 radical (unpaired) electrons. The third kappa shape index (κ3) is 4.01. The van der Waals surface area contributed by atoms with Crippen molar-refractivity contribution in [3.8, 4) is 0 Å². The van der Waals surface area contributed by atoms with E-state index in [0.29, 0.717) is 19.4 Å². The van der Waals surface area contributed by atoms with Crippen LogP contribution in [-0.2, 0) is 14.3 Å². The average molecular weight is 489 g/mol. The lowest BCUT2D eigenvalue weighted by molar-refractivity contribution is -0.270. The van der Waals surface area contributed by atoms with Gasteiger partial charge in [-0.15, -0.1) is 0 Å². The molecule has 2 heterocycles. The van der Waals surface area contributed by atoms with E-state index in [9.17, 15) is 15.1 Å². The van der Waals surface area contributed by atoms with Gasteiger partial charge in [0.25, 0.3) is 0 Å². The zero-order chi connectivity index (χ0) is 25.0. The third-order valence-electron chi connectivity index (χ3n) is 9.72. The number of carbonyl (C=O) groups is 1. The zero-order valence-corrected chi connectivity index (χ0v) is 21.0. The van der Waals surface area contributed by atoms with Crippen molar-refractivity contribution in [1.82, 2.24) is 4.90 Å². The summed E-state index contributed by atoms with van der Waals surface area (Å²) in [5, 5.41) is 32.0. The van der Waals surface area contributed by atoms with Gasteiger partial charge in [0, 0.05) is 56.9 Å². The van der Waals surface area contributed by atoms with E-state index >= 15 is 0 Å². The second-order valence-corrected chi connectivity index (χ2v) is 11.4. The summed E-state index contributed by atoms with van der Waals surface area (Å²) in [6.45, 7) is 8.04. The maximum absolute atomic E-state index is 13.0. The van der Waals surface area contributed by atoms with Crippen molar-refractivity contribution in [2.75, 3.05) is 50.0 Å². The van der Waals surface area contributed by atoms with Crippen LogP contribution in [0.15, 0.2) is 24.3 Å². The second kappa shape index (κ2) is 8.88. The Morgan fingerprint density at radius 1 is 1.14 bits per heavy atom. The fraction of sp³-hybridized carbons (Fsp3) is 0.731. The Morgan fingerprint density at radius 3 is 2.46 bits per heavy atom. The normalized spacial score (nSPS) is 39.7. The zero-order valence-electron chi connectivity index (χ0n) is 21.0. The summed E-state index contributed by atoms with van der Waals surface area (Å²) in [6, 6.07) is 6.87. The molecule has 2 aliphatic heterocycles. The fourth-order valence-corrected chi connectivity index (χ4v) is 7.35. The van der Waals surface area contributed by atoms with E-state index in [4.69, 9.17) is 14.7 Å². The van der Waals surface area contributed by atoms with Crippen LogP contribution >= 0.6 is 0 Å². The first-order chi connectivity index (χ1) is 16.6. The van der Waals surface area contributed by atoms with Gasteiger partial charge >= 0.3 is 5.97 Å². The lowest BCUT2D eigenvalue weighted by atomic mass is 9.49. The van der Waals surface area contributed by atoms with Crippen LogP contribution in [0.5, 0.6) is 0 Å². The number of esters is 1. The molecular formula is C26H38N3O6-. The van der Waals surface area contributed by atoms with Crippen LogP contribution in [-0.4, -0.2) is 78.3 Å². The maximum atomic E-state index is 13.0. The largest absolute Gasteiger partial charge is 0.733 e. The Morgan fingerprint density at radius 2 is 1.83 bits per heavy atom. The van der Waals surface area contributed by atoms with Crippen LogP contribution < -0.4 is 10.1 Å². The highest BCUT2D eigenvalue weighted by atomic mass is 16.8. The molecule has 2 saturated carbocycles. The standard InChI is InChI=1S/C26H38N3O6/c1-24-9-4-10-25(2,34-3)26(24,31)15-20-21(23(30)35-22(20)16-24)17-27-11-13-28(14-12-27)18-5-7-19(8-6-18)29(32)33/h5-8,20-22,31-32H,4,9-17H2,1-3H3/q-1/t20-,21-,22+,24+,25+,26-/m0/s1. The summed E-state index contributed by atoms with van der Waals surface area (Å²) in [5.41, 5.74) is -0.733. The molecule has 6 atom stereocenters. The van der Waals surface area contributed by atoms with E-state index in [0.717, 1.165) is 51.1 Å². The van der Waals surface area contributed by atoms with Gasteiger partial charge in [0.1, 0.15) is 6.10 Å². The lowest BCUT2D eigenvalue weighted by Crippen LogP contribution is -2.69. The molecule has 9 heteroatoms. The molecule has 194 valence electrons. The number of nitrogens with zero attached hydrogens (tertiary/aromatic N) is 3. The molecule has 0 amide bonds. The van der Waals surface area contributed by atoms with Crippen molar-refractivity contribution in [2.45, 2.75) is 63.3 Å². The Kier molecular flexibility index (Phi) is 6.29. The van der Waals surface area contributed by atoms with Crippen LogP contribution in [0.25, 0.3) is 0 Å². The van der Waals surface area contributed by atoms with Crippen molar-refractivity contribution in [1.29, 1.82) is 0 Å². The van der Waals surface area contributed by atoms with Crippen molar-refractivity contribution in [3.63, 3.8) is 0 Å². The van der Waals surface area contributed by atoms with Crippen molar-refractivity contribution in [3.05, 3.63) is 29.5 Å². The van der Waals surface area contributed by atoms with Gasteiger partial charge in [-0.1, -0.05) is 6.92 Å². The molecule has 35 heavy (non-hydrogen) atoms. The van der Waals surface area contributed by atoms with E-state index in [-0.39, 0.29) is 40.2 Å². The van der Waals surface area contributed by atoms with Gasteiger partial charge in [0.15, 0.2) is 0 Å². The van der Waals surface area contributed by atoms with Crippen LogP contribution in [0.1, 0.15) is 46.0 Å². The molecule has 1 aromatic carbocycles. The second-order valence-electron chi connectivity index (χ2n) is 11.4. The van der Waals surface area contributed by atoms with Crippen LogP contribution in [0.3, 0.4) is 0 Å². The monoisotopic (exact) mass is 488 g/mol. The van der Waals surface area contributed by atoms with E-state index in [1.165, 1.54) is 0 Å². The molecular weight excluding hydrogens is 450 g/mol. The Labute approximate surface area is 207 Å². The summed E-state index contributed by atoms with van der Waals surface area (Å²) in [5.74, 6) is -0.378. The molecule has 9 nitrogen and oxygen atoms in total. The summed E-state index contributed by atoms with van der Waals surface area (Å²) >= 11 is 0. The number of aliphatic hydroxyl groups is 1. The minimum atomic E-state index is -0.987. The number of fused-ring (bicyclic) bond motifs is 2. The summed E-state index contributed by atoms with van der Waals surface area (Å²) in [7, 11) is 1.69. The Hall–Kier alpha value is -1.91. The van der Waals surface area contributed by atoms with E-state index in [2.05, 4.69) is 16.7 Å². The van der Waals surface area contributed by atoms with Crippen molar-refractivity contribution in [2.24, 2.45) is 17.3 Å². The molecule has 4 aliphatic rings. The molecule has 0 aromatic heterocycles. The van der Waals surface area contributed by atoms with Gasteiger partial charge in [-0.05, 0) is 63.3 Å². The Bertz CT molecular complexity index is 936. The number of hydrogen-bond donors (Lipinski definition) is 2. The molecule has 0 unspecified atom stereocenters. The Balaban J connectivity index is 1.25. The van der Waals surface area contributed by atoms with Gasteiger partial charge in [0.2, 0.25) is 0 Å².